The van der Waals surface area contributed by atoms with Gasteiger partial charge in [0.15, 0.2) is 15.8 Å². The number of nitrogens with one attached hydrogen (secondary N) is 3. The molecule has 0 spiro atoms. The Bertz CT molecular complexity index is 983. The van der Waals surface area contributed by atoms with Gasteiger partial charge in [-0.25, -0.2) is 8.42 Å². The van der Waals surface area contributed by atoms with Gasteiger partial charge in [0.05, 0.1) is 4.90 Å². The zero-order valence-corrected chi connectivity index (χ0v) is 18.1. The Morgan fingerprint density at radius 1 is 0.966 bits per heavy atom. The summed E-state index contributed by atoms with van der Waals surface area (Å²) in [5.41, 5.74) is 3.34. The van der Waals surface area contributed by atoms with Crippen LogP contribution in [0.5, 0.6) is 0 Å². The maximum atomic E-state index is 11.8. The first-order chi connectivity index (χ1) is 13.7. The van der Waals surface area contributed by atoms with Gasteiger partial charge in [-0.3, -0.25) is 9.79 Å². The normalized spacial score (nSPS) is 11.8. The number of sulfone groups is 1. The topological polar surface area (TPSA) is 99.7 Å². The van der Waals surface area contributed by atoms with Crippen molar-refractivity contribution < 1.29 is 13.2 Å². The molecular weight excluding hydrogens is 388 g/mol. The first-order valence-corrected chi connectivity index (χ1v) is 11.2. The largest absolute Gasteiger partial charge is 0.352 e. The van der Waals surface area contributed by atoms with Gasteiger partial charge in [0, 0.05) is 38.5 Å². The summed E-state index contributed by atoms with van der Waals surface area (Å²) in [7, 11) is -1.53. The molecule has 29 heavy (non-hydrogen) atoms. The summed E-state index contributed by atoms with van der Waals surface area (Å²) >= 11 is 0. The van der Waals surface area contributed by atoms with E-state index in [4.69, 9.17) is 0 Å². The van der Waals surface area contributed by atoms with Gasteiger partial charge in [-0.2, -0.15) is 0 Å². The highest BCUT2D eigenvalue weighted by atomic mass is 32.2. The Hall–Kier alpha value is -2.87. The van der Waals surface area contributed by atoms with E-state index in [-0.39, 0.29) is 5.91 Å². The first kappa shape index (κ1) is 22.4. The maximum Gasteiger partial charge on any atom is 0.251 e. The van der Waals surface area contributed by atoms with E-state index in [9.17, 15) is 13.2 Å². The number of aryl methyl sites for hydroxylation is 1. The lowest BCUT2D eigenvalue weighted by Crippen LogP contribution is -2.36. The van der Waals surface area contributed by atoms with Crippen molar-refractivity contribution in [2.24, 2.45) is 4.99 Å². The molecule has 7 nitrogen and oxygen atoms in total. The van der Waals surface area contributed by atoms with Crippen LogP contribution in [-0.2, 0) is 22.9 Å². The van der Waals surface area contributed by atoms with Crippen LogP contribution in [0, 0.1) is 6.92 Å². The monoisotopic (exact) mass is 416 g/mol. The number of amides is 1. The van der Waals surface area contributed by atoms with Gasteiger partial charge in [-0.05, 0) is 48.7 Å². The third-order valence-corrected chi connectivity index (χ3v) is 5.59. The Labute approximate surface area is 172 Å². The van der Waals surface area contributed by atoms with Crippen molar-refractivity contribution in [2.45, 2.75) is 31.8 Å². The fourth-order valence-corrected chi connectivity index (χ4v) is 3.83. The van der Waals surface area contributed by atoms with Crippen molar-refractivity contribution in [3.8, 4) is 0 Å². The minimum Gasteiger partial charge on any atom is -0.352 e. The van der Waals surface area contributed by atoms with Crippen molar-refractivity contribution in [2.75, 3.05) is 19.8 Å². The van der Waals surface area contributed by atoms with Crippen molar-refractivity contribution >= 4 is 21.7 Å². The average Bonchev–Trinajstić information content (AvgIpc) is 2.67. The molecule has 0 saturated heterocycles. The Balaban J connectivity index is 1.91. The van der Waals surface area contributed by atoms with Crippen molar-refractivity contribution in [3.63, 3.8) is 0 Å². The predicted octanol–water partition coefficient (Wildman–Crippen LogP) is 2.01. The first-order valence-electron chi connectivity index (χ1n) is 9.35. The second-order valence-electron chi connectivity index (χ2n) is 6.71. The number of nitrogens with zero attached hydrogens (tertiary/aromatic N) is 1. The minimum absolute atomic E-state index is 0.0818. The number of carbonyl (C=O) groups excluding carboxylic acids is 1. The molecule has 1 amide bonds. The molecule has 2 aromatic carbocycles. The number of guanidine groups is 1. The minimum atomic E-state index is -3.22. The van der Waals surface area contributed by atoms with Crippen LogP contribution in [0.1, 0.15) is 34.0 Å². The van der Waals surface area contributed by atoms with Crippen LogP contribution in [0.25, 0.3) is 0 Å². The van der Waals surface area contributed by atoms with Gasteiger partial charge in [0.2, 0.25) is 0 Å². The smallest absolute Gasteiger partial charge is 0.251 e. The molecule has 0 aromatic heterocycles. The molecule has 0 heterocycles. The average molecular weight is 417 g/mol. The second kappa shape index (κ2) is 10.1. The fourth-order valence-electron chi connectivity index (χ4n) is 2.87. The van der Waals surface area contributed by atoms with Gasteiger partial charge >= 0.3 is 0 Å². The van der Waals surface area contributed by atoms with E-state index >= 15 is 0 Å². The highest BCUT2D eigenvalue weighted by Gasteiger charge is 2.11. The highest BCUT2D eigenvalue weighted by Crippen LogP contribution is 2.16. The molecule has 0 unspecified atom stereocenters. The van der Waals surface area contributed by atoms with E-state index in [1.807, 2.05) is 25.1 Å². The van der Waals surface area contributed by atoms with Gasteiger partial charge in [0.25, 0.3) is 5.91 Å². The van der Waals surface area contributed by atoms with E-state index in [1.54, 1.807) is 38.2 Å². The SMILES string of the molecule is CCNC(=O)c1ccc(CNC(=NC)NCc2ccc(S(C)(=O)=O)c(C)c2)cc1. The lowest BCUT2D eigenvalue weighted by Gasteiger charge is -2.13. The number of benzene rings is 2. The number of aliphatic imine (C=N–C) groups is 1. The summed E-state index contributed by atoms with van der Waals surface area (Å²) in [5, 5.41) is 9.21. The van der Waals surface area contributed by atoms with Crippen molar-refractivity contribution in [1.82, 2.24) is 16.0 Å². The Morgan fingerprint density at radius 3 is 2.07 bits per heavy atom. The molecule has 0 radical (unpaired) electrons. The van der Waals surface area contributed by atoms with Gasteiger partial charge in [-0.1, -0.05) is 24.3 Å². The lowest BCUT2D eigenvalue weighted by molar-refractivity contribution is 0.0956. The van der Waals surface area contributed by atoms with Crippen LogP contribution in [0.2, 0.25) is 0 Å². The summed E-state index contributed by atoms with van der Waals surface area (Å²) in [6.45, 7) is 5.34. The molecule has 0 aliphatic rings. The fraction of sp³-hybridized carbons (Fsp3) is 0.333. The number of hydrogen-bond acceptors (Lipinski definition) is 4. The van der Waals surface area contributed by atoms with Crippen LogP contribution < -0.4 is 16.0 Å². The second-order valence-corrected chi connectivity index (χ2v) is 8.69. The molecule has 0 aliphatic carbocycles. The van der Waals surface area contributed by atoms with Gasteiger partial charge in [-0.15, -0.1) is 0 Å². The standard InChI is InChI=1S/C21H28N4O3S/c1-5-23-20(26)18-9-6-16(7-10-18)13-24-21(22-3)25-14-17-8-11-19(15(2)12-17)29(4,27)28/h6-12H,5,13-14H2,1-4H3,(H,23,26)(H2,22,24,25). The van der Waals surface area contributed by atoms with E-state index in [1.165, 1.54) is 6.26 Å². The zero-order chi connectivity index (χ0) is 21.4. The molecule has 0 saturated carbocycles. The summed E-state index contributed by atoms with van der Waals surface area (Å²) < 4.78 is 23.4. The van der Waals surface area contributed by atoms with Crippen molar-refractivity contribution in [3.05, 3.63) is 64.7 Å². The van der Waals surface area contributed by atoms with Gasteiger partial charge < -0.3 is 16.0 Å². The van der Waals surface area contributed by atoms with Crippen LogP contribution >= 0.6 is 0 Å². The molecule has 0 aliphatic heterocycles. The van der Waals surface area contributed by atoms with Gasteiger partial charge in [0.1, 0.15) is 0 Å². The number of rotatable bonds is 7. The Morgan fingerprint density at radius 2 is 1.55 bits per heavy atom. The van der Waals surface area contributed by atoms with Crippen LogP contribution in [0.15, 0.2) is 52.4 Å². The summed E-state index contributed by atoms with van der Waals surface area (Å²) in [6.07, 6.45) is 1.21. The van der Waals surface area contributed by atoms with E-state index in [2.05, 4.69) is 20.9 Å². The molecule has 156 valence electrons. The molecular formula is C21H28N4O3S. The molecule has 0 bridgehead atoms. The zero-order valence-electron chi connectivity index (χ0n) is 17.2. The quantitative estimate of drug-likeness (QED) is 0.474. The van der Waals surface area contributed by atoms with Crippen LogP contribution in [-0.4, -0.2) is 40.1 Å². The molecule has 0 fully saturated rings. The molecule has 2 rings (SSSR count). The highest BCUT2D eigenvalue weighted by molar-refractivity contribution is 7.90. The third-order valence-electron chi connectivity index (χ3n) is 4.34. The number of hydrogen-bond donors (Lipinski definition) is 3. The molecule has 8 heteroatoms. The van der Waals surface area contributed by atoms with Crippen LogP contribution in [0.4, 0.5) is 0 Å². The molecule has 3 N–H and O–H groups in total. The van der Waals surface area contributed by atoms with E-state index in [0.717, 1.165) is 16.7 Å². The summed E-state index contributed by atoms with van der Waals surface area (Å²) in [4.78, 5) is 16.3. The van der Waals surface area contributed by atoms with Crippen LogP contribution in [0.3, 0.4) is 0 Å². The Kier molecular flexibility index (Phi) is 7.78. The van der Waals surface area contributed by atoms with E-state index in [0.29, 0.717) is 36.1 Å². The third kappa shape index (κ3) is 6.60. The molecule has 2 aromatic rings. The molecule has 0 atom stereocenters. The summed E-state index contributed by atoms with van der Waals surface area (Å²) in [5.74, 6) is 0.546. The predicted molar refractivity (Wildman–Crippen MR) is 116 cm³/mol. The lowest BCUT2D eigenvalue weighted by atomic mass is 10.1. The maximum absolute atomic E-state index is 11.8. The summed E-state index contributed by atoms with van der Waals surface area (Å²) in [6, 6.07) is 12.7. The van der Waals surface area contributed by atoms with E-state index < -0.39 is 9.84 Å². The van der Waals surface area contributed by atoms with Crippen molar-refractivity contribution in [1.29, 1.82) is 0 Å². The number of carbonyl (C=O) groups is 1.